The SMILES string of the molecule is OC1(C(F)(F)F)c2c(c3ccccc3n2Cl)CCC1Cl. The van der Waals surface area contributed by atoms with Gasteiger partial charge in [-0.2, -0.15) is 13.2 Å². The van der Waals surface area contributed by atoms with E-state index in [1.807, 2.05) is 0 Å². The molecule has 0 radical (unpaired) electrons. The zero-order chi connectivity index (χ0) is 14.7. The quantitative estimate of drug-likeness (QED) is 0.730. The molecule has 2 unspecified atom stereocenters. The van der Waals surface area contributed by atoms with Gasteiger partial charge in [-0.3, -0.25) is 4.09 Å². The molecule has 1 N–H and O–H groups in total. The molecule has 1 aromatic heterocycles. The third kappa shape index (κ3) is 1.63. The van der Waals surface area contributed by atoms with E-state index in [1.54, 1.807) is 24.3 Å². The summed E-state index contributed by atoms with van der Waals surface area (Å²) in [7, 11) is 0. The van der Waals surface area contributed by atoms with Crippen LogP contribution in [0.4, 0.5) is 13.2 Å². The fraction of sp³-hybridized carbons (Fsp3) is 0.385. The van der Waals surface area contributed by atoms with Gasteiger partial charge in [-0.25, -0.2) is 0 Å². The molecule has 108 valence electrons. The summed E-state index contributed by atoms with van der Waals surface area (Å²) in [6, 6.07) is 6.70. The maximum atomic E-state index is 13.4. The molecular formula is C13H10Cl2F3NO. The number of hydrogen-bond donors (Lipinski definition) is 1. The second-order valence-corrected chi connectivity index (χ2v) is 5.76. The molecule has 0 bridgehead atoms. The van der Waals surface area contributed by atoms with Gasteiger partial charge in [-0.15, -0.1) is 11.6 Å². The number of hydrogen-bond acceptors (Lipinski definition) is 1. The van der Waals surface area contributed by atoms with Crippen LogP contribution in [0.25, 0.3) is 10.9 Å². The summed E-state index contributed by atoms with van der Waals surface area (Å²) in [5.41, 5.74) is -2.65. The van der Waals surface area contributed by atoms with Crippen LogP contribution in [0.5, 0.6) is 0 Å². The maximum absolute atomic E-state index is 13.4. The van der Waals surface area contributed by atoms with Crippen molar-refractivity contribution in [3.05, 3.63) is 35.5 Å². The average molecular weight is 324 g/mol. The molecule has 0 aliphatic heterocycles. The van der Waals surface area contributed by atoms with Gasteiger partial charge in [0.05, 0.1) is 16.6 Å². The van der Waals surface area contributed by atoms with Gasteiger partial charge >= 0.3 is 6.18 Å². The lowest BCUT2D eigenvalue weighted by atomic mass is 9.82. The van der Waals surface area contributed by atoms with E-state index in [0.29, 0.717) is 22.9 Å². The number of fused-ring (bicyclic) bond motifs is 3. The lowest BCUT2D eigenvalue weighted by Crippen LogP contribution is -2.52. The lowest BCUT2D eigenvalue weighted by Gasteiger charge is -2.38. The normalized spacial score (nSPS) is 26.8. The van der Waals surface area contributed by atoms with E-state index in [1.165, 1.54) is 0 Å². The van der Waals surface area contributed by atoms with Gasteiger partial charge in [0.2, 0.25) is 5.60 Å². The van der Waals surface area contributed by atoms with Crippen LogP contribution in [0.3, 0.4) is 0 Å². The lowest BCUT2D eigenvalue weighted by molar-refractivity contribution is -0.271. The molecule has 1 aromatic carbocycles. The first kappa shape index (κ1) is 14.0. The minimum absolute atomic E-state index is 0.0372. The van der Waals surface area contributed by atoms with E-state index in [2.05, 4.69) is 0 Å². The zero-order valence-electron chi connectivity index (χ0n) is 10.1. The average Bonchev–Trinajstić information content (AvgIpc) is 2.67. The number of nitrogens with zero attached hydrogens (tertiary/aromatic N) is 1. The molecule has 1 aliphatic rings. The highest BCUT2D eigenvalue weighted by molar-refractivity contribution is 6.23. The molecule has 0 amide bonds. The second kappa shape index (κ2) is 4.29. The van der Waals surface area contributed by atoms with Crippen LogP contribution in [-0.4, -0.2) is 20.7 Å². The Labute approximate surface area is 122 Å². The Morgan fingerprint density at radius 1 is 1.30 bits per heavy atom. The molecule has 0 saturated heterocycles. The van der Waals surface area contributed by atoms with Gasteiger partial charge in [-0.1, -0.05) is 18.2 Å². The number of halogens is 5. The van der Waals surface area contributed by atoms with Gasteiger partial charge in [0.25, 0.3) is 0 Å². The minimum atomic E-state index is -4.89. The number of para-hydroxylation sites is 1. The summed E-state index contributed by atoms with van der Waals surface area (Å²) >= 11 is 11.8. The minimum Gasteiger partial charge on any atom is -0.374 e. The number of aliphatic hydroxyl groups is 1. The Morgan fingerprint density at radius 3 is 2.60 bits per heavy atom. The maximum Gasteiger partial charge on any atom is 0.424 e. The summed E-state index contributed by atoms with van der Waals surface area (Å²) in [5.74, 6) is 0. The number of aromatic nitrogens is 1. The molecule has 20 heavy (non-hydrogen) atoms. The molecule has 7 heteroatoms. The molecule has 0 spiro atoms. The van der Waals surface area contributed by atoms with Gasteiger partial charge in [0, 0.05) is 17.2 Å². The Bertz CT molecular complexity index is 682. The first-order valence-electron chi connectivity index (χ1n) is 6.00. The fourth-order valence-electron chi connectivity index (χ4n) is 2.84. The van der Waals surface area contributed by atoms with E-state index < -0.39 is 17.2 Å². The molecule has 2 aromatic rings. The molecule has 2 atom stereocenters. The number of rotatable bonds is 0. The van der Waals surface area contributed by atoms with Crippen molar-refractivity contribution in [3.63, 3.8) is 0 Å². The third-order valence-electron chi connectivity index (χ3n) is 3.82. The Balaban J connectivity index is 2.40. The van der Waals surface area contributed by atoms with Crippen LogP contribution in [0.15, 0.2) is 24.3 Å². The van der Waals surface area contributed by atoms with E-state index >= 15 is 0 Å². The molecule has 0 fully saturated rings. The second-order valence-electron chi connectivity index (χ2n) is 4.90. The Morgan fingerprint density at radius 2 is 1.95 bits per heavy atom. The predicted octanol–water partition coefficient (Wildman–Crippen LogP) is 3.95. The number of alkyl halides is 4. The van der Waals surface area contributed by atoms with Crippen molar-refractivity contribution in [2.45, 2.75) is 30.0 Å². The van der Waals surface area contributed by atoms with Crippen LogP contribution in [0.1, 0.15) is 17.7 Å². The van der Waals surface area contributed by atoms with Crippen LogP contribution in [0.2, 0.25) is 0 Å². The standard InChI is InChI=1S/C13H10Cl2F3NO/c14-10-6-5-8-7-3-1-2-4-9(7)19(15)11(8)12(10,20)13(16,17)18/h1-4,10,20H,5-6H2. The highest BCUT2D eigenvalue weighted by atomic mass is 35.5. The molecule has 2 nitrogen and oxygen atoms in total. The highest BCUT2D eigenvalue weighted by Crippen LogP contribution is 2.51. The van der Waals surface area contributed by atoms with Crippen molar-refractivity contribution >= 4 is 34.3 Å². The van der Waals surface area contributed by atoms with E-state index in [9.17, 15) is 18.3 Å². The van der Waals surface area contributed by atoms with Gasteiger partial charge in [-0.05, 0) is 24.5 Å². The molecule has 0 saturated carbocycles. The van der Waals surface area contributed by atoms with Crippen molar-refractivity contribution in [2.24, 2.45) is 0 Å². The highest BCUT2D eigenvalue weighted by Gasteiger charge is 2.63. The fourth-order valence-corrected chi connectivity index (χ4v) is 3.55. The van der Waals surface area contributed by atoms with Crippen molar-refractivity contribution < 1.29 is 18.3 Å². The summed E-state index contributed by atoms with van der Waals surface area (Å²) in [5, 5.41) is 9.40. The molecule has 3 rings (SSSR count). The monoisotopic (exact) mass is 323 g/mol. The molecule has 1 heterocycles. The first-order valence-corrected chi connectivity index (χ1v) is 6.78. The summed E-state index contributed by atoms with van der Waals surface area (Å²) < 4.78 is 41.0. The van der Waals surface area contributed by atoms with E-state index in [0.717, 1.165) is 4.09 Å². The molecule has 1 aliphatic carbocycles. The van der Waals surface area contributed by atoms with Crippen molar-refractivity contribution in [3.8, 4) is 0 Å². The number of benzene rings is 1. The topological polar surface area (TPSA) is 25.2 Å². The van der Waals surface area contributed by atoms with Gasteiger partial charge in [0.1, 0.15) is 0 Å². The van der Waals surface area contributed by atoms with Crippen LogP contribution >= 0.6 is 23.4 Å². The van der Waals surface area contributed by atoms with Gasteiger partial charge < -0.3 is 5.11 Å². The summed E-state index contributed by atoms with van der Waals surface area (Å²) in [6.07, 6.45) is -4.51. The van der Waals surface area contributed by atoms with Crippen LogP contribution in [0, 0.1) is 0 Å². The smallest absolute Gasteiger partial charge is 0.374 e. The van der Waals surface area contributed by atoms with E-state index in [-0.39, 0.29) is 12.1 Å². The third-order valence-corrected chi connectivity index (χ3v) is 4.70. The largest absolute Gasteiger partial charge is 0.424 e. The van der Waals surface area contributed by atoms with Crippen molar-refractivity contribution in [1.82, 2.24) is 4.09 Å². The van der Waals surface area contributed by atoms with Crippen molar-refractivity contribution in [2.75, 3.05) is 0 Å². The Kier molecular flexibility index (Phi) is 3.01. The van der Waals surface area contributed by atoms with Gasteiger partial charge in [0.15, 0.2) is 0 Å². The summed E-state index contributed by atoms with van der Waals surface area (Å²) in [4.78, 5) is 0. The predicted molar refractivity (Wildman–Crippen MR) is 71.1 cm³/mol. The Hall–Kier alpha value is -0.910. The van der Waals surface area contributed by atoms with E-state index in [4.69, 9.17) is 23.4 Å². The van der Waals surface area contributed by atoms with Crippen LogP contribution < -0.4 is 0 Å². The number of aryl methyl sites for hydroxylation is 1. The zero-order valence-corrected chi connectivity index (χ0v) is 11.6. The van der Waals surface area contributed by atoms with Crippen molar-refractivity contribution in [1.29, 1.82) is 0 Å². The molecular weight excluding hydrogens is 314 g/mol. The first-order chi connectivity index (χ1) is 9.28. The summed E-state index contributed by atoms with van der Waals surface area (Å²) in [6.45, 7) is 0. The van der Waals surface area contributed by atoms with Crippen LogP contribution in [-0.2, 0) is 12.0 Å².